The summed E-state index contributed by atoms with van der Waals surface area (Å²) in [5.74, 6) is -0.976. The molecule has 0 fully saturated rings. The van der Waals surface area contributed by atoms with Crippen LogP contribution in [0.5, 0.6) is 0 Å². The van der Waals surface area contributed by atoms with Crippen LogP contribution in [0, 0.1) is 0 Å². The number of allylic oxidation sites excluding steroid dienone is 1. The minimum atomic E-state index is -0.976. The number of carbonyl (C=O) groups is 2. The molecule has 0 aromatic heterocycles. The quantitative estimate of drug-likeness (QED) is 0.491. The number of unbranched alkanes of at least 4 members (excludes halogenated alkanes) is 2. The number of rotatable bonds is 9. The molecule has 1 atom stereocenters. The molecule has 2 amide bonds. The van der Waals surface area contributed by atoms with E-state index >= 15 is 0 Å². The fourth-order valence-electron chi connectivity index (χ4n) is 1.50. The van der Waals surface area contributed by atoms with Gasteiger partial charge in [0.15, 0.2) is 0 Å². The van der Waals surface area contributed by atoms with Crippen LogP contribution in [0.3, 0.4) is 0 Å². The molecule has 0 aromatic rings. The van der Waals surface area contributed by atoms with Crippen LogP contribution >= 0.6 is 0 Å². The topological polar surface area (TPSA) is 69.6 Å². The number of carboxylic acid groups (broad SMARTS) is 1. The van der Waals surface area contributed by atoms with Crippen molar-refractivity contribution >= 4 is 12.0 Å². The summed E-state index contributed by atoms with van der Waals surface area (Å²) >= 11 is 0. The Balaban J connectivity index is 4.14. The second-order valence-corrected chi connectivity index (χ2v) is 4.34. The molecule has 18 heavy (non-hydrogen) atoms. The Bertz CT molecular complexity index is 279. The molecule has 0 aromatic carbocycles. The molecular formula is C13H24N2O3. The van der Waals surface area contributed by atoms with Gasteiger partial charge in [0.05, 0.1) is 0 Å². The standard InChI is InChI=1S/C13H24N2O3/c1-4-6-8-10-15(3)13(18)14-11(12(16)17)9-7-5-2/h4,11H,1,5-10H2,2-3H3,(H,14,18)(H,16,17). The molecule has 5 heteroatoms. The van der Waals surface area contributed by atoms with Crippen molar-refractivity contribution in [1.29, 1.82) is 0 Å². The Morgan fingerprint density at radius 1 is 1.44 bits per heavy atom. The highest BCUT2D eigenvalue weighted by atomic mass is 16.4. The number of urea groups is 1. The summed E-state index contributed by atoms with van der Waals surface area (Å²) < 4.78 is 0. The van der Waals surface area contributed by atoms with Gasteiger partial charge in [-0.3, -0.25) is 0 Å². The molecule has 0 saturated carbocycles. The molecule has 0 aliphatic heterocycles. The predicted octanol–water partition coefficient (Wildman–Crippen LogP) is 2.24. The van der Waals surface area contributed by atoms with Crippen molar-refractivity contribution < 1.29 is 14.7 Å². The molecule has 1 unspecified atom stereocenters. The number of carboxylic acids is 1. The van der Waals surface area contributed by atoms with Crippen LogP contribution in [0.25, 0.3) is 0 Å². The molecule has 2 N–H and O–H groups in total. The van der Waals surface area contributed by atoms with E-state index < -0.39 is 12.0 Å². The SMILES string of the molecule is C=CCCCN(C)C(=O)NC(CCCC)C(=O)O. The zero-order chi connectivity index (χ0) is 14.0. The lowest BCUT2D eigenvalue weighted by atomic mass is 10.1. The maximum atomic E-state index is 11.7. The van der Waals surface area contributed by atoms with Crippen molar-refractivity contribution in [3.8, 4) is 0 Å². The van der Waals surface area contributed by atoms with Crippen molar-refractivity contribution in [1.82, 2.24) is 10.2 Å². The predicted molar refractivity (Wildman–Crippen MR) is 71.5 cm³/mol. The summed E-state index contributed by atoms with van der Waals surface area (Å²) in [6.07, 6.45) is 5.65. The van der Waals surface area contributed by atoms with E-state index in [2.05, 4.69) is 11.9 Å². The molecule has 0 rings (SSSR count). The van der Waals surface area contributed by atoms with Gasteiger partial charge in [0.25, 0.3) is 0 Å². The second kappa shape index (κ2) is 9.50. The monoisotopic (exact) mass is 256 g/mol. The van der Waals surface area contributed by atoms with Crippen LogP contribution in [0.15, 0.2) is 12.7 Å². The Morgan fingerprint density at radius 3 is 2.61 bits per heavy atom. The summed E-state index contributed by atoms with van der Waals surface area (Å²) in [5, 5.41) is 11.5. The third-order valence-corrected chi connectivity index (χ3v) is 2.69. The van der Waals surface area contributed by atoms with Gasteiger partial charge in [0.1, 0.15) is 6.04 Å². The number of hydrogen-bond donors (Lipinski definition) is 2. The van der Waals surface area contributed by atoms with Gasteiger partial charge >= 0.3 is 12.0 Å². The summed E-state index contributed by atoms with van der Waals surface area (Å²) in [4.78, 5) is 24.2. The van der Waals surface area contributed by atoms with Crippen LogP contribution < -0.4 is 5.32 Å². The molecule has 0 aliphatic carbocycles. The van der Waals surface area contributed by atoms with Gasteiger partial charge in [0.2, 0.25) is 0 Å². The fourth-order valence-corrected chi connectivity index (χ4v) is 1.50. The minimum absolute atomic E-state index is 0.331. The summed E-state index contributed by atoms with van der Waals surface area (Å²) in [5.41, 5.74) is 0. The van der Waals surface area contributed by atoms with Gasteiger partial charge < -0.3 is 15.3 Å². The van der Waals surface area contributed by atoms with Crippen LogP contribution in [-0.2, 0) is 4.79 Å². The maximum Gasteiger partial charge on any atom is 0.326 e. The first-order chi connectivity index (χ1) is 8.52. The van der Waals surface area contributed by atoms with Crippen molar-refractivity contribution in [2.45, 2.75) is 45.1 Å². The lowest BCUT2D eigenvalue weighted by molar-refractivity contribution is -0.139. The molecule has 0 bridgehead atoms. The highest BCUT2D eigenvalue weighted by Gasteiger charge is 2.20. The molecular weight excluding hydrogens is 232 g/mol. The number of aliphatic carboxylic acids is 1. The van der Waals surface area contributed by atoms with Crippen molar-refractivity contribution in [2.75, 3.05) is 13.6 Å². The average molecular weight is 256 g/mol. The third kappa shape index (κ3) is 6.93. The smallest absolute Gasteiger partial charge is 0.326 e. The number of carbonyl (C=O) groups excluding carboxylic acids is 1. The lowest BCUT2D eigenvalue weighted by Gasteiger charge is -2.21. The van der Waals surface area contributed by atoms with Gasteiger partial charge in [-0.1, -0.05) is 25.8 Å². The highest BCUT2D eigenvalue weighted by Crippen LogP contribution is 2.02. The van der Waals surface area contributed by atoms with Gasteiger partial charge in [0, 0.05) is 13.6 Å². The summed E-state index contributed by atoms with van der Waals surface area (Å²) in [6, 6.07) is -1.12. The number of amides is 2. The lowest BCUT2D eigenvalue weighted by Crippen LogP contribution is -2.46. The van der Waals surface area contributed by atoms with E-state index in [-0.39, 0.29) is 6.03 Å². The van der Waals surface area contributed by atoms with Gasteiger partial charge in [-0.2, -0.15) is 0 Å². The third-order valence-electron chi connectivity index (χ3n) is 2.69. The Labute approximate surface area is 109 Å². The van der Waals surface area contributed by atoms with E-state index in [9.17, 15) is 9.59 Å². The van der Waals surface area contributed by atoms with Crippen LogP contribution in [0.1, 0.15) is 39.0 Å². The van der Waals surface area contributed by atoms with E-state index in [1.54, 1.807) is 13.1 Å². The van der Waals surface area contributed by atoms with Crippen LogP contribution in [0.2, 0.25) is 0 Å². The van der Waals surface area contributed by atoms with E-state index in [1.165, 1.54) is 4.90 Å². The molecule has 104 valence electrons. The first kappa shape index (κ1) is 16.5. The molecule has 0 heterocycles. The van der Waals surface area contributed by atoms with E-state index in [0.29, 0.717) is 13.0 Å². The maximum absolute atomic E-state index is 11.7. The normalized spacial score (nSPS) is 11.7. The first-order valence-corrected chi connectivity index (χ1v) is 6.38. The number of nitrogens with one attached hydrogen (secondary N) is 1. The largest absolute Gasteiger partial charge is 0.480 e. The number of hydrogen-bond acceptors (Lipinski definition) is 2. The fraction of sp³-hybridized carbons (Fsp3) is 0.692. The minimum Gasteiger partial charge on any atom is -0.480 e. The Kier molecular flexibility index (Phi) is 8.70. The first-order valence-electron chi connectivity index (χ1n) is 6.38. The molecule has 0 radical (unpaired) electrons. The number of nitrogens with zero attached hydrogens (tertiary/aromatic N) is 1. The van der Waals surface area contributed by atoms with E-state index in [1.807, 2.05) is 6.92 Å². The van der Waals surface area contributed by atoms with Crippen molar-refractivity contribution in [3.05, 3.63) is 12.7 Å². The zero-order valence-corrected chi connectivity index (χ0v) is 11.3. The van der Waals surface area contributed by atoms with Gasteiger partial charge in [-0.05, 0) is 19.3 Å². The van der Waals surface area contributed by atoms with Crippen molar-refractivity contribution in [3.63, 3.8) is 0 Å². The molecule has 0 spiro atoms. The molecule has 0 aliphatic rings. The van der Waals surface area contributed by atoms with E-state index in [4.69, 9.17) is 5.11 Å². The van der Waals surface area contributed by atoms with E-state index in [0.717, 1.165) is 25.7 Å². The summed E-state index contributed by atoms with van der Waals surface area (Å²) in [7, 11) is 1.66. The van der Waals surface area contributed by atoms with Crippen LogP contribution in [0.4, 0.5) is 4.79 Å². The highest BCUT2D eigenvalue weighted by molar-refractivity contribution is 5.82. The average Bonchev–Trinajstić information content (AvgIpc) is 2.33. The second-order valence-electron chi connectivity index (χ2n) is 4.34. The van der Waals surface area contributed by atoms with Gasteiger partial charge in [-0.25, -0.2) is 9.59 Å². The zero-order valence-electron chi connectivity index (χ0n) is 11.3. The molecule has 0 saturated heterocycles. The Hall–Kier alpha value is -1.52. The van der Waals surface area contributed by atoms with Crippen molar-refractivity contribution in [2.24, 2.45) is 0 Å². The molecule has 5 nitrogen and oxygen atoms in total. The summed E-state index contributed by atoms with van der Waals surface area (Å²) in [6.45, 7) is 6.19. The van der Waals surface area contributed by atoms with Gasteiger partial charge in [-0.15, -0.1) is 6.58 Å². The Morgan fingerprint density at radius 2 is 2.11 bits per heavy atom. The van der Waals surface area contributed by atoms with Crippen LogP contribution in [-0.4, -0.2) is 41.6 Å².